The Kier molecular flexibility index (Phi) is 4.60. The number of allylic oxidation sites excluding steroid dienone is 1. The Hall–Kier alpha value is -2.82. The van der Waals surface area contributed by atoms with Gasteiger partial charge in [-0.15, -0.1) is 0 Å². The van der Waals surface area contributed by atoms with Crippen LogP contribution in [0.4, 0.5) is 10.5 Å². The van der Waals surface area contributed by atoms with Crippen molar-refractivity contribution in [2.75, 3.05) is 18.4 Å². The number of urea groups is 1. The van der Waals surface area contributed by atoms with E-state index in [0.29, 0.717) is 25.6 Å². The van der Waals surface area contributed by atoms with Gasteiger partial charge in [-0.1, -0.05) is 29.8 Å². The van der Waals surface area contributed by atoms with E-state index in [1.165, 1.54) is 5.56 Å². The van der Waals surface area contributed by atoms with Crippen LogP contribution < -0.4 is 10.9 Å². The van der Waals surface area contributed by atoms with E-state index >= 15 is 0 Å². The van der Waals surface area contributed by atoms with E-state index in [-0.39, 0.29) is 17.5 Å². The van der Waals surface area contributed by atoms with E-state index < -0.39 is 0 Å². The molecule has 0 saturated carbocycles. The molecule has 27 heavy (non-hydrogen) atoms. The topological polar surface area (TPSA) is 54.3 Å². The zero-order valence-corrected chi connectivity index (χ0v) is 15.8. The number of nitrogens with one attached hydrogen (secondary N) is 1. The number of aromatic nitrogens is 1. The molecule has 3 heterocycles. The first-order valence-corrected chi connectivity index (χ1v) is 9.54. The number of hydrogen-bond donors (Lipinski definition) is 1. The molecule has 0 radical (unpaired) electrons. The number of aryl methyl sites for hydroxylation is 1. The molecule has 2 bridgehead atoms. The molecule has 140 valence electrons. The van der Waals surface area contributed by atoms with Crippen LogP contribution in [-0.4, -0.2) is 28.6 Å². The van der Waals surface area contributed by atoms with Crippen LogP contribution in [0.1, 0.15) is 36.1 Å². The molecule has 5 heteroatoms. The fraction of sp³-hybridized carbons (Fsp3) is 0.364. The standard InChI is InChI=1S/C22H25N3O2/c1-3-4-17-7-10-20(26)25-13-16-11-18(21(17)25)14-24(12-16)22(27)23-19-8-5-15(2)6-9-19/h3-10,16,18H,11-14H2,1-2H3,(H,23,27)/t16-,18-/m0/s1. The predicted molar refractivity (Wildman–Crippen MR) is 108 cm³/mol. The van der Waals surface area contributed by atoms with Crippen molar-refractivity contribution < 1.29 is 4.79 Å². The average molecular weight is 363 g/mol. The summed E-state index contributed by atoms with van der Waals surface area (Å²) in [6.45, 7) is 6.02. The second-order valence-corrected chi connectivity index (χ2v) is 7.62. The highest BCUT2D eigenvalue weighted by atomic mass is 16.2. The number of carbonyl (C=O) groups is 1. The van der Waals surface area contributed by atoms with Crippen molar-refractivity contribution in [2.45, 2.75) is 32.7 Å². The third-order valence-electron chi connectivity index (χ3n) is 5.56. The molecule has 4 rings (SSSR count). The highest BCUT2D eigenvalue weighted by Gasteiger charge is 2.37. The van der Waals surface area contributed by atoms with Gasteiger partial charge >= 0.3 is 6.03 Å². The minimum Gasteiger partial charge on any atom is -0.324 e. The number of piperidine rings is 1. The number of amides is 2. The normalized spacial score (nSPS) is 21.2. The van der Waals surface area contributed by atoms with Crippen molar-refractivity contribution in [1.29, 1.82) is 0 Å². The van der Waals surface area contributed by atoms with E-state index in [1.807, 2.05) is 59.7 Å². The molecule has 1 saturated heterocycles. The largest absolute Gasteiger partial charge is 0.324 e. The van der Waals surface area contributed by atoms with Gasteiger partial charge in [0.2, 0.25) is 0 Å². The number of nitrogens with zero attached hydrogens (tertiary/aromatic N) is 2. The van der Waals surface area contributed by atoms with Gasteiger partial charge < -0.3 is 14.8 Å². The number of anilines is 1. The summed E-state index contributed by atoms with van der Waals surface area (Å²) in [5.41, 5.74) is 4.20. The first-order chi connectivity index (χ1) is 13.0. The van der Waals surface area contributed by atoms with Crippen LogP contribution in [0.2, 0.25) is 0 Å². The van der Waals surface area contributed by atoms with Crippen LogP contribution in [-0.2, 0) is 6.54 Å². The number of fused-ring (bicyclic) bond motifs is 4. The quantitative estimate of drug-likeness (QED) is 0.881. The van der Waals surface area contributed by atoms with Crippen molar-refractivity contribution in [1.82, 2.24) is 9.47 Å². The van der Waals surface area contributed by atoms with Crippen molar-refractivity contribution >= 4 is 17.8 Å². The Balaban J connectivity index is 1.58. The molecular formula is C22H25N3O2. The summed E-state index contributed by atoms with van der Waals surface area (Å²) >= 11 is 0. The number of rotatable bonds is 2. The van der Waals surface area contributed by atoms with Gasteiger partial charge in [0.15, 0.2) is 0 Å². The van der Waals surface area contributed by atoms with Crippen LogP contribution >= 0.6 is 0 Å². The SMILES string of the molecule is CC=Cc1ccc(=O)n2c1[C@H]1C[C@@H](CN(C(=O)Nc3ccc(C)cc3)C1)C2. The molecule has 2 aliphatic heterocycles. The minimum absolute atomic E-state index is 0.0607. The van der Waals surface area contributed by atoms with Gasteiger partial charge in [0.25, 0.3) is 5.56 Å². The van der Waals surface area contributed by atoms with Gasteiger partial charge in [-0.25, -0.2) is 4.79 Å². The molecule has 1 N–H and O–H groups in total. The van der Waals surface area contributed by atoms with Crippen LogP contribution in [0.5, 0.6) is 0 Å². The van der Waals surface area contributed by atoms with Gasteiger partial charge in [-0.2, -0.15) is 0 Å². The maximum Gasteiger partial charge on any atom is 0.321 e. The summed E-state index contributed by atoms with van der Waals surface area (Å²) in [5.74, 6) is 0.514. The zero-order valence-electron chi connectivity index (χ0n) is 15.8. The summed E-state index contributed by atoms with van der Waals surface area (Å²) in [5, 5.41) is 3.01. The van der Waals surface area contributed by atoms with E-state index in [4.69, 9.17) is 0 Å². The van der Waals surface area contributed by atoms with Crippen molar-refractivity contribution in [2.24, 2.45) is 5.92 Å². The van der Waals surface area contributed by atoms with E-state index in [1.54, 1.807) is 6.07 Å². The Bertz CT molecular complexity index is 943. The lowest BCUT2D eigenvalue weighted by Crippen LogP contribution is -2.50. The Morgan fingerprint density at radius 3 is 2.63 bits per heavy atom. The van der Waals surface area contributed by atoms with Crippen LogP contribution in [0, 0.1) is 12.8 Å². The number of pyridine rings is 1. The van der Waals surface area contributed by atoms with Crippen molar-refractivity contribution in [3.63, 3.8) is 0 Å². The Morgan fingerprint density at radius 2 is 1.89 bits per heavy atom. The summed E-state index contributed by atoms with van der Waals surface area (Å²) in [7, 11) is 0. The number of likely N-dealkylation sites (tertiary alicyclic amines) is 1. The first-order valence-electron chi connectivity index (χ1n) is 9.54. The van der Waals surface area contributed by atoms with E-state index in [0.717, 1.165) is 23.4 Å². The minimum atomic E-state index is -0.0622. The third-order valence-corrected chi connectivity index (χ3v) is 5.56. The van der Waals surface area contributed by atoms with E-state index in [9.17, 15) is 9.59 Å². The number of hydrogen-bond acceptors (Lipinski definition) is 2. The maximum atomic E-state index is 12.8. The molecule has 5 nitrogen and oxygen atoms in total. The molecule has 0 aliphatic carbocycles. The van der Waals surface area contributed by atoms with Crippen LogP contribution in [0.25, 0.3) is 6.08 Å². The number of benzene rings is 1. The fourth-order valence-corrected chi connectivity index (χ4v) is 4.37. The van der Waals surface area contributed by atoms with Crippen molar-refractivity contribution in [3.8, 4) is 0 Å². The average Bonchev–Trinajstić information content (AvgIpc) is 2.66. The Labute approximate surface area is 159 Å². The van der Waals surface area contributed by atoms with E-state index in [2.05, 4.69) is 11.4 Å². The number of carbonyl (C=O) groups excluding carboxylic acids is 1. The lowest BCUT2D eigenvalue weighted by Gasteiger charge is -2.43. The predicted octanol–water partition coefficient (Wildman–Crippen LogP) is 3.84. The van der Waals surface area contributed by atoms with Gasteiger partial charge in [0.1, 0.15) is 0 Å². The molecule has 0 spiro atoms. The molecule has 1 aromatic heterocycles. The van der Waals surface area contributed by atoms with Crippen LogP contribution in [0.15, 0.2) is 47.3 Å². The zero-order chi connectivity index (χ0) is 19.0. The molecular weight excluding hydrogens is 338 g/mol. The van der Waals surface area contributed by atoms with Gasteiger partial charge in [0.05, 0.1) is 0 Å². The smallest absolute Gasteiger partial charge is 0.321 e. The van der Waals surface area contributed by atoms with Gasteiger partial charge in [-0.05, 0) is 49.9 Å². The molecule has 2 amide bonds. The third kappa shape index (κ3) is 3.42. The summed E-state index contributed by atoms with van der Waals surface area (Å²) < 4.78 is 1.92. The molecule has 1 fully saturated rings. The lowest BCUT2D eigenvalue weighted by atomic mass is 9.81. The molecule has 2 atom stereocenters. The fourth-order valence-electron chi connectivity index (χ4n) is 4.37. The summed E-state index contributed by atoms with van der Waals surface area (Å²) in [4.78, 5) is 27.1. The maximum absolute atomic E-state index is 12.8. The lowest BCUT2D eigenvalue weighted by molar-refractivity contribution is 0.139. The molecule has 2 aromatic rings. The monoisotopic (exact) mass is 363 g/mol. The highest BCUT2D eigenvalue weighted by Crippen LogP contribution is 2.37. The van der Waals surface area contributed by atoms with Crippen molar-refractivity contribution in [3.05, 3.63) is 69.6 Å². The molecule has 2 aliphatic rings. The first kappa shape index (κ1) is 17.6. The van der Waals surface area contributed by atoms with Crippen LogP contribution in [0.3, 0.4) is 0 Å². The molecule has 1 aromatic carbocycles. The van der Waals surface area contributed by atoms with Gasteiger partial charge in [0, 0.05) is 43.0 Å². The summed E-state index contributed by atoms with van der Waals surface area (Å²) in [6.07, 6.45) is 5.08. The van der Waals surface area contributed by atoms with Gasteiger partial charge in [-0.3, -0.25) is 4.79 Å². The second kappa shape index (κ2) is 7.06. The highest BCUT2D eigenvalue weighted by molar-refractivity contribution is 5.89. The second-order valence-electron chi connectivity index (χ2n) is 7.62. The summed E-state index contributed by atoms with van der Waals surface area (Å²) in [6, 6.07) is 11.3. The molecule has 0 unspecified atom stereocenters. The Morgan fingerprint density at radius 1 is 1.11 bits per heavy atom.